The summed E-state index contributed by atoms with van der Waals surface area (Å²) in [5.41, 5.74) is 1.10. The van der Waals surface area contributed by atoms with Gasteiger partial charge in [-0.1, -0.05) is 19.8 Å². The van der Waals surface area contributed by atoms with E-state index in [-0.39, 0.29) is 11.8 Å². The lowest BCUT2D eigenvalue weighted by molar-refractivity contribution is -0.136. The van der Waals surface area contributed by atoms with Crippen LogP contribution in [0.3, 0.4) is 0 Å². The van der Waals surface area contributed by atoms with Crippen LogP contribution in [0.15, 0.2) is 0 Å². The molecule has 0 radical (unpaired) electrons. The van der Waals surface area contributed by atoms with Crippen molar-refractivity contribution in [3.63, 3.8) is 0 Å². The predicted octanol–water partition coefficient (Wildman–Crippen LogP) is 2.91. The molecule has 1 aromatic heterocycles. The number of carbonyl (C=O) groups is 1. The molecule has 0 bridgehead atoms. The van der Waals surface area contributed by atoms with Crippen molar-refractivity contribution in [2.45, 2.75) is 51.4 Å². The van der Waals surface area contributed by atoms with Crippen molar-refractivity contribution in [2.75, 3.05) is 0 Å². The fourth-order valence-electron chi connectivity index (χ4n) is 2.36. The van der Waals surface area contributed by atoms with Crippen molar-refractivity contribution >= 4 is 17.3 Å². The molecule has 1 aliphatic carbocycles. The third-order valence-electron chi connectivity index (χ3n) is 3.43. The number of hydrogen-bond donors (Lipinski definition) is 1. The van der Waals surface area contributed by atoms with E-state index in [2.05, 4.69) is 11.9 Å². The summed E-state index contributed by atoms with van der Waals surface area (Å²) in [6.07, 6.45) is 5.02. The van der Waals surface area contributed by atoms with Gasteiger partial charge in [0.05, 0.1) is 17.1 Å². The Morgan fingerprint density at radius 3 is 2.69 bits per heavy atom. The number of aromatic nitrogens is 1. The monoisotopic (exact) mass is 239 g/mol. The first-order valence-corrected chi connectivity index (χ1v) is 6.51. The molecule has 16 heavy (non-hydrogen) atoms. The van der Waals surface area contributed by atoms with Gasteiger partial charge < -0.3 is 5.11 Å². The molecule has 0 atom stereocenters. The Hall–Kier alpha value is -0.900. The summed E-state index contributed by atoms with van der Waals surface area (Å²) in [5, 5.41) is 9.95. The summed E-state index contributed by atoms with van der Waals surface area (Å²) in [7, 11) is 0. The van der Waals surface area contributed by atoms with Crippen molar-refractivity contribution < 1.29 is 9.90 Å². The molecule has 1 aliphatic rings. The maximum atomic E-state index is 10.7. The largest absolute Gasteiger partial charge is 0.481 e. The number of hydrogen-bond acceptors (Lipinski definition) is 3. The molecular formula is C12H17NO2S. The number of aliphatic carboxylic acids is 1. The first-order valence-electron chi connectivity index (χ1n) is 5.70. The Bertz CT molecular complexity index is 405. The van der Waals surface area contributed by atoms with Crippen LogP contribution in [0.1, 0.15) is 48.2 Å². The normalized spacial score (nSPS) is 18.9. The number of thiazole rings is 1. The summed E-state index contributed by atoms with van der Waals surface area (Å²) in [6.45, 7) is 4.17. The minimum absolute atomic E-state index is 0.111. The summed E-state index contributed by atoms with van der Waals surface area (Å²) in [4.78, 5) is 16.2. The van der Waals surface area contributed by atoms with Gasteiger partial charge in [-0.3, -0.25) is 4.79 Å². The highest BCUT2D eigenvalue weighted by Crippen LogP contribution is 2.42. The highest BCUT2D eigenvalue weighted by atomic mass is 32.1. The summed E-state index contributed by atoms with van der Waals surface area (Å²) in [5.74, 6) is -0.769. The van der Waals surface area contributed by atoms with Gasteiger partial charge in [-0.2, -0.15) is 0 Å². The number of aryl methyl sites for hydroxylation is 1. The Balaban J connectivity index is 2.26. The molecule has 2 rings (SSSR count). The highest BCUT2D eigenvalue weighted by molar-refractivity contribution is 7.12. The zero-order chi connectivity index (χ0) is 11.8. The van der Waals surface area contributed by atoms with Gasteiger partial charge in [0.2, 0.25) is 0 Å². The minimum Gasteiger partial charge on any atom is -0.481 e. The number of carboxylic acid groups (broad SMARTS) is 1. The van der Waals surface area contributed by atoms with Crippen LogP contribution in [0, 0.1) is 6.92 Å². The Kier molecular flexibility index (Phi) is 3.02. The molecule has 3 nitrogen and oxygen atoms in total. The Morgan fingerprint density at radius 2 is 2.12 bits per heavy atom. The van der Waals surface area contributed by atoms with E-state index in [0.29, 0.717) is 0 Å². The molecule has 0 saturated heterocycles. The third kappa shape index (κ3) is 2.12. The van der Waals surface area contributed by atoms with E-state index in [1.54, 1.807) is 11.3 Å². The van der Waals surface area contributed by atoms with Crippen LogP contribution < -0.4 is 0 Å². The van der Waals surface area contributed by atoms with Gasteiger partial charge in [0, 0.05) is 10.3 Å². The molecule has 1 N–H and O–H groups in total. The van der Waals surface area contributed by atoms with Gasteiger partial charge in [-0.15, -0.1) is 11.3 Å². The van der Waals surface area contributed by atoms with Gasteiger partial charge in [-0.25, -0.2) is 4.98 Å². The SMILES string of the molecule is Cc1nc(C2(C)CCCC2)sc1CC(=O)O. The van der Waals surface area contributed by atoms with E-state index < -0.39 is 5.97 Å². The molecule has 0 unspecified atom stereocenters. The van der Waals surface area contributed by atoms with Crippen molar-refractivity contribution in [2.24, 2.45) is 0 Å². The van der Waals surface area contributed by atoms with E-state index in [1.807, 2.05) is 6.92 Å². The molecule has 0 amide bonds. The lowest BCUT2D eigenvalue weighted by atomic mass is 9.90. The minimum atomic E-state index is -0.769. The smallest absolute Gasteiger partial charge is 0.308 e. The first kappa shape index (κ1) is 11.6. The lowest BCUT2D eigenvalue weighted by Crippen LogP contribution is -2.16. The van der Waals surface area contributed by atoms with Crippen LogP contribution in [0.25, 0.3) is 0 Å². The molecule has 1 fully saturated rings. The van der Waals surface area contributed by atoms with E-state index in [4.69, 9.17) is 5.11 Å². The fraction of sp³-hybridized carbons (Fsp3) is 0.667. The van der Waals surface area contributed by atoms with Crippen LogP contribution in [0.5, 0.6) is 0 Å². The zero-order valence-electron chi connectivity index (χ0n) is 9.75. The van der Waals surface area contributed by atoms with Crippen LogP contribution in [0.2, 0.25) is 0 Å². The molecule has 0 spiro atoms. The van der Waals surface area contributed by atoms with E-state index in [1.165, 1.54) is 25.7 Å². The van der Waals surface area contributed by atoms with Crippen LogP contribution in [-0.4, -0.2) is 16.1 Å². The number of carboxylic acids is 1. The topological polar surface area (TPSA) is 50.2 Å². The van der Waals surface area contributed by atoms with Crippen LogP contribution in [0.4, 0.5) is 0 Å². The highest BCUT2D eigenvalue weighted by Gasteiger charge is 2.34. The molecular weight excluding hydrogens is 222 g/mol. The van der Waals surface area contributed by atoms with Crippen molar-refractivity contribution in [3.05, 3.63) is 15.6 Å². The van der Waals surface area contributed by atoms with Gasteiger partial charge in [0.25, 0.3) is 0 Å². The van der Waals surface area contributed by atoms with Crippen LogP contribution >= 0.6 is 11.3 Å². The first-order chi connectivity index (χ1) is 7.51. The molecule has 0 aromatic carbocycles. The Labute approximate surface area is 99.5 Å². The summed E-state index contributed by atoms with van der Waals surface area (Å²) >= 11 is 1.59. The van der Waals surface area contributed by atoms with E-state index in [0.717, 1.165) is 15.6 Å². The zero-order valence-corrected chi connectivity index (χ0v) is 10.6. The quantitative estimate of drug-likeness (QED) is 0.882. The second-order valence-corrected chi connectivity index (χ2v) is 5.95. The summed E-state index contributed by atoms with van der Waals surface area (Å²) in [6, 6.07) is 0. The summed E-state index contributed by atoms with van der Waals surface area (Å²) < 4.78 is 0. The van der Waals surface area contributed by atoms with E-state index >= 15 is 0 Å². The molecule has 1 saturated carbocycles. The number of rotatable bonds is 3. The molecule has 1 aromatic rings. The molecule has 1 heterocycles. The van der Waals surface area contributed by atoms with Gasteiger partial charge >= 0.3 is 5.97 Å². The Morgan fingerprint density at radius 1 is 1.50 bits per heavy atom. The van der Waals surface area contributed by atoms with Crippen molar-refractivity contribution in [3.8, 4) is 0 Å². The van der Waals surface area contributed by atoms with Crippen molar-refractivity contribution in [1.29, 1.82) is 0 Å². The maximum absolute atomic E-state index is 10.7. The van der Waals surface area contributed by atoms with E-state index in [9.17, 15) is 4.79 Å². The fourth-order valence-corrected chi connectivity index (χ4v) is 3.61. The maximum Gasteiger partial charge on any atom is 0.308 e. The standard InChI is InChI=1S/C12H17NO2S/c1-8-9(7-10(14)15)16-11(13-8)12(2)5-3-4-6-12/h3-7H2,1-2H3,(H,14,15). The van der Waals surface area contributed by atoms with Crippen molar-refractivity contribution in [1.82, 2.24) is 4.98 Å². The molecule has 4 heteroatoms. The predicted molar refractivity (Wildman–Crippen MR) is 64.0 cm³/mol. The average Bonchev–Trinajstić information content (AvgIpc) is 2.75. The second kappa shape index (κ2) is 4.17. The van der Waals surface area contributed by atoms with Gasteiger partial charge in [0.15, 0.2) is 0 Å². The van der Waals surface area contributed by atoms with Crippen LogP contribution in [-0.2, 0) is 16.6 Å². The second-order valence-electron chi connectivity index (χ2n) is 4.87. The molecule has 88 valence electrons. The number of nitrogens with zero attached hydrogens (tertiary/aromatic N) is 1. The van der Waals surface area contributed by atoms with Gasteiger partial charge in [-0.05, 0) is 19.8 Å². The lowest BCUT2D eigenvalue weighted by Gasteiger charge is -2.19. The average molecular weight is 239 g/mol. The molecule has 0 aliphatic heterocycles. The van der Waals surface area contributed by atoms with Gasteiger partial charge in [0.1, 0.15) is 0 Å². The third-order valence-corrected chi connectivity index (χ3v) is 4.89.